The Balaban J connectivity index is 3.96. The highest BCUT2D eigenvalue weighted by molar-refractivity contribution is 5.81. The van der Waals surface area contributed by atoms with Crippen LogP contribution in [0.3, 0.4) is 0 Å². The molecule has 0 heterocycles. The van der Waals surface area contributed by atoms with Gasteiger partial charge in [0, 0.05) is 13.1 Å². The van der Waals surface area contributed by atoms with Gasteiger partial charge in [-0.05, 0) is 26.8 Å². The van der Waals surface area contributed by atoms with Gasteiger partial charge in [-0.1, -0.05) is 0 Å². The first-order valence-corrected chi connectivity index (χ1v) is 7.14. The van der Waals surface area contributed by atoms with Crippen molar-refractivity contribution in [2.75, 3.05) is 26.2 Å². The quantitative estimate of drug-likeness (QED) is 0.180. The molecule has 0 aromatic heterocycles. The second-order valence-corrected chi connectivity index (χ2v) is 5.81. The van der Waals surface area contributed by atoms with E-state index in [1.165, 1.54) is 0 Å². The first-order chi connectivity index (χ1) is 10.1. The van der Waals surface area contributed by atoms with Gasteiger partial charge >= 0.3 is 0 Å². The number of carbonyl (C=O) groups excluding carboxylic acids is 1. The lowest BCUT2D eigenvalue weighted by Crippen LogP contribution is -2.51. The Labute approximate surface area is 129 Å². The summed E-state index contributed by atoms with van der Waals surface area (Å²) in [6.07, 6.45) is -6.77. The highest BCUT2D eigenvalue weighted by Crippen LogP contribution is 2.05. The highest BCUT2D eigenvalue weighted by atomic mass is 16.4. The maximum atomic E-state index is 11.6. The summed E-state index contributed by atoms with van der Waals surface area (Å²) in [4.78, 5) is 11.6. The lowest BCUT2D eigenvalue weighted by molar-refractivity contribution is -0.148. The lowest BCUT2D eigenvalue weighted by Gasteiger charge is -2.25. The number of carbonyl (C=O) groups is 1. The molecule has 0 aromatic carbocycles. The zero-order valence-electron chi connectivity index (χ0n) is 12.9. The second kappa shape index (κ2) is 10.1. The molecule has 132 valence electrons. The number of nitrogens with one attached hydrogen (secondary N) is 2. The Hall–Kier alpha value is -0.810. The Morgan fingerprint density at radius 1 is 1.09 bits per heavy atom. The lowest BCUT2D eigenvalue weighted by atomic mass is 10.0. The molecule has 0 aliphatic heterocycles. The van der Waals surface area contributed by atoms with Gasteiger partial charge in [-0.2, -0.15) is 0 Å². The second-order valence-electron chi connectivity index (χ2n) is 5.81. The molecule has 4 atom stereocenters. The van der Waals surface area contributed by atoms with Crippen LogP contribution in [-0.2, 0) is 4.79 Å². The fraction of sp³-hybridized carbons (Fsp3) is 0.923. The summed E-state index contributed by atoms with van der Waals surface area (Å²) < 4.78 is 0. The molecule has 9 nitrogen and oxygen atoms in total. The van der Waals surface area contributed by atoms with E-state index >= 15 is 0 Å². The number of aliphatic hydroxyl groups excluding tert-OH is 5. The molecule has 0 aliphatic carbocycles. The SMILES string of the molecule is CC(C)(O)CNCCCNC(=O)[C@H](O)[C@@H](O)[C@H](O)[C@H](O)CO. The monoisotopic (exact) mass is 324 g/mol. The van der Waals surface area contributed by atoms with Crippen LogP contribution in [-0.4, -0.2) is 92.8 Å². The van der Waals surface area contributed by atoms with Crippen molar-refractivity contribution in [3.8, 4) is 0 Å². The number of hydrogen-bond donors (Lipinski definition) is 8. The average molecular weight is 324 g/mol. The summed E-state index contributed by atoms with van der Waals surface area (Å²) in [6, 6.07) is 0. The summed E-state index contributed by atoms with van der Waals surface area (Å²) in [7, 11) is 0. The summed E-state index contributed by atoms with van der Waals surface area (Å²) in [5, 5.41) is 61.0. The van der Waals surface area contributed by atoms with Crippen molar-refractivity contribution in [1.29, 1.82) is 0 Å². The van der Waals surface area contributed by atoms with Gasteiger partial charge in [0.25, 0.3) is 5.91 Å². The molecule has 8 N–H and O–H groups in total. The van der Waals surface area contributed by atoms with E-state index in [2.05, 4.69) is 10.6 Å². The molecule has 0 aromatic rings. The third-order valence-electron chi connectivity index (χ3n) is 2.91. The van der Waals surface area contributed by atoms with Crippen molar-refractivity contribution >= 4 is 5.91 Å². The minimum absolute atomic E-state index is 0.222. The minimum atomic E-state index is -1.92. The first kappa shape index (κ1) is 21.2. The average Bonchev–Trinajstić information content (AvgIpc) is 2.46. The van der Waals surface area contributed by atoms with Crippen molar-refractivity contribution in [3.63, 3.8) is 0 Å². The Morgan fingerprint density at radius 3 is 2.18 bits per heavy atom. The Morgan fingerprint density at radius 2 is 1.68 bits per heavy atom. The van der Waals surface area contributed by atoms with E-state index in [-0.39, 0.29) is 6.54 Å². The van der Waals surface area contributed by atoms with Gasteiger partial charge in [0.15, 0.2) is 6.10 Å². The van der Waals surface area contributed by atoms with Crippen molar-refractivity contribution < 1.29 is 35.4 Å². The van der Waals surface area contributed by atoms with Crippen molar-refractivity contribution in [3.05, 3.63) is 0 Å². The van der Waals surface area contributed by atoms with Crippen LogP contribution in [0.15, 0.2) is 0 Å². The van der Waals surface area contributed by atoms with Crippen LogP contribution in [0.4, 0.5) is 0 Å². The Bertz CT molecular complexity index is 322. The molecule has 0 saturated carbocycles. The van der Waals surface area contributed by atoms with Gasteiger partial charge < -0.3 is 41.3 Å². The van der Waals surface area contributed by atoms with Gasteiger partial charge in [-0.15, -0.1) is 0 Å². The summed E-state index contributed by atoms with van der Waals surface area (Å²) >= 11 is 0. The summed E-state index contributed by atoms with van der Waals surface area (Å²) in [5.41, 5.74) is -0.826. The van der Waals surface area contributed by atoms with Gasteiger partial charge in [0.2, 0.25) is 0 Å². The molecular formula is C13H28N2O7. The number of aliphatic hydroxyl groups is 6. The zero-order chi connectivity index (χ0) is 17.3. The molecule has 0 fully saturated rings. The van der Waals surface area contributed by atoms with E-state index in [0.717, 1.165) is 0 Å². The van der Waals surface area contributed by atoms with Crippen LogP contribution in [0.2, 0.25) is 0 Å². The molecule has 1 amide bonds. The smallest absolute Gasteiger partial charge is 0.251 e. The van der Waals surface area contributed by atoms with E-state index < -0.39 is 42.5 Å². The predicted molar refractivity (Wildman–Crippen MR) is 77.9 cm³/mol. The summed E-state index contributed by atoms with van der Waals surface area (Å²) in [6.45, 7) is 3.67. The normalized spacial score (nSPS) is 17.6. The molecule has 0 unspecified atom stereocenters. The van der Waals surface area contributed by atoms with E-state index in [4.69, 9.17) is 10.2 Å². The highest BCUT2D eigenvalue weighted by Gasteiger charge is 2.33. The molecule has 0 saturated heterocycles. The van der Waals surface area contributed by atoms with Gasteiger partial charge in [0.1, 0.15) is 18.3 Å². The van der Waals surface area contributed by atoms with Gasteiger partial charge in [0.05, 0.1) is 12.2 Å². The molecule has 0 spiro atoms. The Kier molecular flexibility index (Phi) is 9.69. The van der Waals surface area contributed by atoms with Crippen LogP contribution < -0.4 is 10.6 Å². The van der Waals surface area contributed by atoms with Crippen molar-refractivity contribution in [2.24, 2.45) is 0 Å². The summed E-state index contributed by atoms with van der Waals surface area (Å²) in [5.74, 6) is -0.890. The van der Waals surface area contributed by atoms with E-state index in [1.807, 2.05) is 0 Å². The maximum Gasteiger partial charge on any atom is 0.251 e. The standard InChI is InChI=1S/C13H28N2O7/c1-13(2,22)7-14-4-3-5-15-12(21)11(20)10(19)9(18)8(17)6-16/h8-11,14,16-20,22H,3-7H2,1-2H3,(H,15,21)/t8-,9-,10+,11-/m1/s1. The van der Waals surface area contributed by atoms with Crippen LogP contribution >= 0.6 is 0 Å². The largest absolute Gasteiger partial charge is 0.394 e. The van der Waals surface area contributed by atoms with Crippen molar-refractivity contribution in [2.45, 2.75) is 50.3 Å². The van der Waals surface area contributed by atoms with Gasteiger partial charge in [-0.3, -0.25) is 4.79 Å². The molecule has 0 rings (SSSR count). The van der Waals surface area contributed by atoms with E-state index in [1.54, 1.807) is 13.8 Å². The number of hydrogen-bond acceptors (Lipinski definition) is 8. The third-order valence-corrected chi connectivity index (χ3v) is 2.91. The zero-order valence-corrected chi connectivity index (χ0v) is 12.9. The molecule has 0 aliphatic rings. The molecule has 22 heavy (non-hydrogen) atoms. The molecule has 0 bridgehead atoms. The number of rotatable bonds is 11. The van der Waals surface area contributed by atoms with Crippen LogP contribution in [0.25, 0.3) is 0 Å². The third kappa shape index (κ3) is 8.59. The van der Waals surface area contributed by atoms with Crippen molar-refractivity contribution in [1.82, 2.24) is 10.6 Å². The minimum Gasteiger partial charge on any atom is -0.394 e. The molecular weight excluding hydrogens is 296 g/mol. The van der Waals surface area contributed by atoms with Crippen LogP contribution in [0.1, 0.15) is 20.3 Å². The van der Waals surface area contributed by atoms with E-state index in [9.17, 15) is 25.2 Å². The first-order valence-electron chi connectivity index (χ1n) is 7.14. The van der Waals surface area contributed by atoms with Crippen LogP contribution in [0, 0.1) is 0 Å². The fourth-order valence-electron chi connectivity index (χ4n) is 1.60. The fourth-order valence-corrected chi connectivity index (χ4v) is 1.60. The predicted octanol–water partition coefficient (Wildman–Crippen LogP) is -3.71. The topological polar surface area (TPSA) is 163 Å². The molecule has 0 radical (unpaired) electrons. The van der Waals surface area contributed by atoms with Gasteiger partial charge in [-0.25, -0.2) is 0 Å². The van der Waals surface area contributed by atoms with E-state index in [0.29, 0.717) is 19.5 Å². The maximum absolute atomic E-state index is 11.6. The number of amides is 1. The molecule has 9 heteroatoms. The van der Waals surface area contributed by atoms with Crippen LogP contribution in [0.5, 0.6) is 0 Å².